The van der Waals surface area contributed by atoms with E-state index < -0.39 is 20.0 Å². The van der Waals surface area contributed by atoms with E-state index in [1.165, 1.54) is 0 Å². The molecular weight excluding hydrogens is 717 g/mol. The molecule has 4 aromatic carbocycles. The minimum atomic E-state index is -3.71. The van der Waals surface area contributed by atoms with Crippen molar-refractivity contribution in [2.24, 2.45) is 0 Å². The largest absolute Gasteiger partial charge is 0.288 e. The molecule has 0 saturated heterocycles. The highest BCUT2D eigenvalue weighted by Crippen LogP contribution is 2.38. The Morgan fingerprint density at radius 3 is 1.39 bits per heavy atom. The maximum atomic E-state index is 14.4. The molecule has 0 aliphatic heterocycles. The number of hydrogen-bond acceptors (Lipinski definition) is 7. The van der Waals surface area contributed by atoms with Crippen LogP contribution < -0.4 is 9.44 Å². The molecule has 0 fully saturated rings. The number of fused-ring (bicyclic) bond motifs is 2. The van der Waals surface area contributed by atoms with E-state index in [0.29, 0.717) is 48.2 Å². The molecule has 0 bridgehead atoms. The number of sulfonamides is 2. The smallest absolute Gasteiger partial charge is 0.241 e. The zero-order valence-electron chi connectivity index (χ0n) is 29.8. The van der Waals surface area contributed by atoms with Crippen LogP contribution in [0.4, 0.5) is 0 Å². The van der Waals surface area contributed by atoms with E-state index in [2.05, 4.69) is 19.4 Å². The lowest BCUT2D eigenvalue weighted by molar-refractivity contribution is 0.103. The number of pyridine rings is 2. The quantitative estimate of drug-likeness (QED) is 0.138. The van der Waals surface area contributed by atoms with Crippen LogP contribution in [0.3, 0.4) is 0 Å². The number of aryl methyl sites for hydroxylation is 4. The monoisotopic (exact) mass is 754 g/mol. The van der Waals surface area contributed by atoms with Crippen molar-refractivity contribution in [1.82, 2.24) is 19.4 Å². The van der Waals surface area contributed by atoms with Gasteiger partial charge >= 0.3 is 0 Å². The number of rotatable bonds is 10. The minimum Gasteiger partial charge on any atom is -0.288 e. The van der Waals surface area contributed by atoms with E-state index in [1.54, 1.807) is 85.2 Å². The van der Waals surface area contributed by atoms with Crippen molar-refractivity contribution in [2.45, 2.75) is 61.4 Å². The average molecular weight is 755 g/mol. The van der Waals surface area contributed by atoms with E-state index in [0.717, 1.165) is 44.5 Å². The third kappa shape index (κ3) is 6.91. The van der Waals surface area contributed by atoms with Gasteiger partial charge in [0.15, 0.2) is 5.78 Å². The summed E-state index contributed by atoms with van der Waals surface area (Å²) in [5.41, 5.74) is 9.25. The third-order valence-electron chi connectivity index (χ3n) is 10.4. The van der Waals surface area contributed by atoms with E-state index in [1.807, 2.05) is 50.2 Å². The Labute approximate surface area is 315 Å². The number of carbonyl (C=O) groups is 1. The van der Waals surface area contributed by atoms with Gasteiger partial charge in [-0.2, -0.15) is 0 Å². The van der Waals surface area contributed by atoms with Gasteiger partial charge in [-0.3, -0.25) is 14.8 Å². The lowest BCUT2D eigenvalue weighted by atomic mass is 9.93. The number of carbonyl (C=O) groups excluding carboxylic acids is 1. The van der Waals surface area contributed by atoms with Crippen molar-refractivity contribution in [3.05, 3.63) is 166 Å². The summed E-state index contributed by atoms with van der Waals surface area (Å²) >= 11 is 0. The van der Waals surface area contributed by atoms with E-state index >= 15 is 0 Å². The molecule has 0 saturated carbocycles. The molecule has 0 amide bonds. The Kier molecular flexibility index (Phi) is 9.35. The standard InChI is InChI=1S/C43H38N4O5S2/c1-27-7-15-33(16-8-27)53(49,50)46-39-21-13-29-25-31(11-19-35(29)39)41-37(5-3-23-44-41)43(48)38-6-4-24-45-42(38)32-12-20-36-30(26-32)14-22-40(36)47-54(51,52)34-17-9-28(2)10-18-34/h3-12,15-20,23-26,39-40,46-47H,13-14,21-22H2,1-2H3. The highest BCUT2D eigenvalue weighted by molar-refractivity contribution is 7.89. The maximum absolute atomic E-state index is 14.4. The molecule has 2 unspecified atom stereocenters. The molecule has 2 heterocycles. The van der Waals surface area contributed by atoms with Crippen LogP contribution in [0.1, 0.15) is 74.2 Å². The van der Waals surface area contributed by atoms with Crippen molar-refractivity contribution >= 4 is 25.8 Å². The summed E-state index contributed by atoms with van der Waals surface area (Å²) in [6.07, 6.45) is 5.92. The fraction of sp³-hybridized carbons (Fsp3) is 0.186. The number of hydrogen-bond donors (Lipinski definition) is 2. The van der Waals surface area contributed by atoms with Gasteiger partial charge in [0.1, 0.15) is 0 Å². The summed E-state index contributed by atoms with van der Waals surface area (Å²) in [5, 5.41) is 0. The van der Waals surface area contributed by atoms with Crippen LogP contribution >= 0.6 is 0 Å². The predicted octanol–water partition coefficient (Wildman–Crippen LogP) is 7.59. The first kappa shape index (κ1) is 35.7. The van der Waals surface area contributed by atoms with Crippen LogP contribution in [-0.2, 0) is 32.9 Å². The van der Waals surface area contributed by atoms with Gasteiger partial charge in [-0.1, -0.05) is 59.7 Å². The second-order valence-corrected chi connectivity index (χ2v) is 17.4. The first-order valence-corrected chi connectivity index (χ1v) is 20.8. The molecule has 11 heteroatoms. The predicted molar refractivity (Wildman–Crippen MR) is 208 cm³/mol. The molecule has 272 valence electrons. The SMILES string of the molecule is Cc1ccc(S(=O)(=O)NC2CCc3cc(-c4ncccc4C(=O)c4cccnc4-c4ccc5c(c4)CCC5NS(=O)(=O)c4ccc(C)cc4)ccc32)cc1. The first-order valence-electron chi connectivity index (χ1n) is 17.9. The van der Waals surface area contributed by atoms with Crippen LogP contribution in [0.25, 0.3) is 22.5 Å². The second kappa shape index (κ2) is 14.1. The fourth-order valence-corrected chi connectivity index (χ4v) is 10.0. The Balaban J connectivity index is 1.05. The normalized spacial score (nSPS) is 16.6. The van der Waals surface area contributed by atoms with Crippen molar-refractivity contribution in [3.63, 3.8) is 0 Å². The summed E-state index contributed by atoms with van der Waals surface area (Å²) in [6, 6.07) is 31.5. The van der Waals surface area contributed by atoms with Gasteiger partial charge in [0.2, 0.25) is 20.0 Å². The first-order chi connectivity index (χ1) is 26.0. The van der Waals surface area contributed by atoms with Crippen LogP contribution in [0, 0.1) is 13.8 Å². The lowest BCUT2D eigenvalue weighted by Crippen LogP contribution is -2.27. The minimum absolute atomic E-state index is 0.227. The molecule has 2 aliphatic carbocycles. The molecule has 2 atom stereocenters. The fourth-order valence-electron chi connectivity index (χ4n) is 7.50. The zero-order chi connectivity index (χ0) is 37.6. The Morgan fingerprint density at radius 2 is 0.981 bits per heavy atom. The van der Waals surface area contributed by atoms with Gasteiger partial charge in [0.25, 0.3) is 0 Å². The van der Waals surface area contributed by atoms with Crippen LogP contribution in [0.5, 0.6) is 0 Å². The van der Waals surface area contributed by atoms with Crippen LogP contribution in [0.15, 0.2) is 131 Å². The Bertz CT molecular complexity index is 2460. The molecule has 0 spiro atoms. The summed E-state index contributed by atoms with van der Waals surface area (Å²) < 4.78 is 58.4. The van der Waals surface area contributed by atoms with Crippen molar-refractivity contribution in [1.29, 1.82) is 0 Å². The number of ketones is 1. The molecule has 9 nitrogen and oxygen atoms in total. The molecule has 54 heavy (non-hydrogen) atoms. The molecule has 2 N–H and O–H groups in total. The molecule has 2 aliphatic rings. The van der Waals surface area contributed by atoms with Crippen molar-refractivity contribution in [3.8, 4) is 22.5 Å². The van der Waals surface area contributed by atoms with Crippen LogP contribution in [-0.4, -0.2) is 32.6 Å². The van der Waals surface area contributed by atoms with E-state index in [-0.39, 0.29) is 27.7 Å². The van der Waals surface area contributed by atoms with Crippen molar-refractivity contribution in [2.75, 3.05) is 0 Å². The molecule has 6 aromatic rings. The summed E-state index contributed by atoms with van der Waals surface area (Å²) in [6.45, 7) is 3.83. The Morgan fingerprint density at radius 1 is 0.574 bits per heavy atom. The van der Waals surface area contributed by atoms with Gasteiger partial charge < -0.3 is 0 Å². The molecule has 2 aromatic heterocycles. The third-order valence-corrected chi connectivity index (χ3v) is 13.3. The number of aromatic nitrogens is 2. The van der Waals surface area contributed by atoms with E-state index in [9.17, 15) is 21.6 Å². The average Bonchev–Trinajstić information content (AvgIpc) is 3.77. The maximum Gasteiger partial charge on any atom is 0.241 e. The Hall–Kier alpha value is -5.33. The summed E-state index contributed by atoms with van der Waals surface area (Å²) in [5.74, 6) is -0.227. The van der Waals surface area contributed by atoms with Crippen LogP contribution in [0.2, 0.25) is 0 Å². The number of nitrogens with zero attached hydrogens (tertiary/aromatic N) is 2. The highest BCUT2D eigenvalue weighted by atomic mass is 32.2. The van der Waals surface area contributed by atoms with Gasteiger partial charge in [-0.15, -0.1) is 0 Å². The van der Waals surface area contributed by atoms with Gasteiger partial charge in [0.05, 0.1) is 21.2 Å². The lowest BCUT2D eigenvalue weighted by Gasteiger charge is -2.16. The van der Waals surface area contributed by atoms with Gasteiger partial charge in [-0.25, -0.2) is 26.3 Å². The van der Waals surface area contributed by atoms with Crippen molar-refractivity contribution < 1.29 is 21.6 Å². The number of nitrogens with one attached hydrogen (secondary N) is 2. The van der Waals surface area contributed by atoms with Gasteiger partial charge in [-0.05, 0) is 122 Å². The summed E-state index contributed by atoms with van der Waals surface area (Å²) in [4.78, 5) is 24.2. The zero-order valence-corrected chi connectivity index (χ0v) is 31.4. The second-order valence-electron chi connectivity index (χ2n) is 14.0. The van der Waals surface area contributed by atoms with Gasteiger partial charge in [0, 0.05) is 46.7 Å². The molecule has 8 rings (SSSR count). The summed E-state index contributed by atoms with van der Waals surface area (Å²) in [7, 11) is -7.41. The molecule has 0 radical (unpaired) electrons. The number of benzene rings is 4. The molecular formula is C43H38N4O5S2. The van der Waals surface area contributed by atoms with E-state index in [4.69, 9.17) is 0 Å². The topological polar surface area (TPSA) is 135 Å². The highest BCUT2D eigenvalue weighted by Gasteiger charge is 2.30.